The van der Waals surface area contributed by atoms with Crippen LogP contribution in [-0.4, -0.2) is 62.0 Å². The minimum atomic E-state index is 0.163. The molecule has 19 heavy (non-hydrogen) atoms. The van der Waals surface area contributed by atoms with Gasteiger partial charge in [-0.3, -0.25) is 9.69 Å². The lowest BCUT2D eigenvalue weighted by Gasteiger charge is -2.37. The van der Waals surface area contributed by atoms with E-state index in [1.165, 1.54) is 0 Å². The van der Waals surface area contributed by atoms with Crippen LogP contribution in [0.15, 0.2) is 24.3 Å². The first kappa shape index (κ1) is 14.0. The van der Waals surface area contributed by atoms with Gasteiger partial charge in [-0.15, -0.1) is 0 Å². The number of piperazine rings is 1. The molecule has 1 atom stereocenters. The van der Waals surface area contributed by atoms with Crippen LogP contribution in [0.1, 0.15) is 17.3 Å². The number of rotatable bonds is 4. The van der Waals surface area contributed by atoms with Crippen molar-refractivity contribution >= 4 is 5.78 Å². The molecule has 0 aromatic heterocycles. The van der Waals surface area contributed by atoms with Crippen LogP contribution in [0.3, 0.4) is 0 Å². The minimum Gasteiger partial charge on any atom is -0.497 e. The van der Waals surface area contributed by atoms with Gasteiger partial charge in [0.25, 0.3) is 0 Å². The van der Waals surface area contributed by atoms with Gasteiger partial charge in [-0.05, 0) is 26.1 Å². The Morgan fingerprint density at radius 1 is 1.42 bits per heavy atom. The summed E-state index contributed by atoms with van der Waals surface area (Å²) in [6, 6.07) is 7.88. The summed E-state index contributed by atoms with van der Waals surface area (Å²) in [5.41, 5.74) is 0.728. The van der Waals surface area contributed by atoms with Crippen molar-refractivity contribution in [2.75, 3.05) is 40.3 Å². The third kappa shape index (κ3) is 3.55. The fourth-order valence-electron chi connectivity index (χ4n) is 2.36. The highest BCUT2D eigenvalue weighted by Crippen LogP contribution is 2.14. The van der Waals surface area contributed by atoms with E-state index in [0.717, 1.165) is 30.9 Å². The highest BCUT2D eigenvalue weighted by atomic mass is 16.5. The van der Waals surface area contributed by atoms with Crippen LogP contribution in [0.4, 0.5) is 0 Å². The van der Waals surface area contributed by atoms with Gasteiger partial charge in [0.2, 0.25) is 0 Å². The second kappa shape index (κ2) is 6.17. The molecule has 1 saturated heterocycles. The van der Waals surface area contributed by atoms with Gasteiger partial charge in [0, 0.05) is 31.2 Å². The van der Waals surface area contributed by atoms with Crippen LogP contribution in [0.25, 0.3) is 0 Å². The minimum absolute atomic E-state index is 0.163. The van der Waals surface area contributed by atoms with Gasteiger partial charge in [-0.25, -0.2) is 0 Å². The average molecular weight is 262 g/mol. The quantitative estimate of drug-likeness (QED) is 0.770. The zero-order chi connectivity index (χ0) is 13.8. The maximum atomic E-state index is 12.3. The summed E-state index contributed by atoms with van der Waals surface area (Å²) in [6.07, 6.45) is 0. The number of Topliss-reactive ketones (excluding diaryl/α,β-unsaturated/α-hetero) is 1. The summed E-state index contributed by atoms with van der Waals surface area (Å²) < 4.78 is 5.15. The molecule has 1 unspecified atom stereocenters. The fourth-order valence-corrected chi connectivity index (χ4v) is 2.36. The molecule has 2 rings (SSSR count). The van der Waals surface area contributed by atoms with Crippen molar-refractivity contribution in [2.24, 2.45) is 0 Å². The zero-order valence-electron chi connectivity index (χ0n) is 11.9. The van der Waals surface area contributed by atoms with E-state index >= 15 is 0 Å². The Hall–Kier alpha value is -1.39. The predicted molar refractivity (Wildman–Crippen MR) is 75.9 cm³/mol. The predicted octanol–water partition coefficient (Wildman–Crippen LogP) is 1.51. The number of methoxy groups -OCH3 is 1. The monoisotopic (exact) mass is 262 g/mol. The van der Waals surface area contributed by atoms with Crippen LogP contribution in [0.2, 0.25) is 0 Å². The molecule has 0 amide bonds. The number of ether oxygens (including phenoxy) is 1. The van der Waals surface area contributed by atoms with Crippen LogP contribution >= 0.6 is 0 Å². The second-order valence-electron chi connectivity index (χ2n) is 5.22. The molecule has 1 aromatic rings. The standard InChI is InChI=1S/C15H22N2O2/c1-12-10-17(8-7-16(12)2)11-15(18)13-5-4-6-14(9-13)19-3/h4-6,9,12H,7-8,10-11H2,1-3H3. The Morgan fingerprint density at radius 3 is 2.89 bits per heavy atom. The van der Waals surface area contributed by atoms with E-state index < -0.39 is 0 Å². The molecule has 4 nitrogen and oxygen atoms in total. The van der Waals surface area contributed by atoms with Crippen molar-refractivity contribution in [1.82, 2.24) is 9.80 Å². The lowest BCUT2D eigenvalue weighted by atomic mass is 10.1. The summed E-state index contributed by atoms with van der Waals surface area (Å²) in [4.78, 5) is 16.8. The Morgan fingerprint density at radius 2 is 2.21 bits per heavy atom. The molecule has 1 aliphatic rings. The van der Waals surface area contributed by atoms with Gasteiger partial charge >= 0.3 is 0 Å². The van der Waals surface area contributed by atoms with Crippen LogP contribution in [0.5, 0.6) is 5.75 Å². The number of benzene rings is 1. The largest absolute Gasteiger partial charge is 0.497 e. The summed E-state index contributed by atoms with van der Waals surface area (Å²) in [5.74, 6) is 0.897. The van der Waals surface area contributed by atoms with E-state index in [4.69, 9.17) is 4.74 Å². The highest BCUT2D eigenvalue weighted by molar-refractivity contribution is 5.97. The van der Waals surface area contributed by atoms with E-state index in [-0.39, 0.29) is 5.78 Å². The molecule has 0 spiro atoms. The summed E-state index contributed by atoms with van der Waals surface area (Å²) in [7, 11) is 3.75. The SMILES string of the molecule is COc1cccc(C(=O)CN2CCN(C)C(C)C2)c1. The third-order valence-corrected chi connectivity index (χ3v) is 3.80. The van der Waals surface area contributed by atoms with Gasteiger partial charge in [-0.2, -0.15) is 0 Å². The van der Waals surface area contributed by atoms with Crippen LogP contribution < -0.4 is 4.74 Å². The van der Waals surface area contributed by atoms with Gasteiger partial charge in [-0.1, -0.05) is 12.1 Å². The smallest absolute Gasteiger partial charge is 0.176 e. The molecule has 1 heterocycles. The molecule has 1 fully saturated rings. The molecule has 0 saturated carbocycles. The Kier molecular flexibility index (Phi) is 4.56. The summed E-state index contributed by atoms with van der Waals surface area (Å²) >= 11 is 0. The summed E-state index contributed by atoms with van der Waals surface area (Å²) in [6.45, 7) is 5.61. The van der Waals surface area contributed by atoms with E-state index in [0.29, 0.717) is 12.6 Å². The first-order valence-electron chi connectivity index (χ1n) is 6.70. The first-order chi connectivity index (χ1) is 9.10. The Balaban J connectivity index is 1.97. The van der Waals surface area contributed by atoms with Crippen molar-refractivity contribution in [3.8, 4) is 5.75 Å². The number of ketones is 1. The number of hydrogen-bond acceptors (Lipinski definition) is 4. The number of carbonyl (C=O) groups excluding carboxylic acids is 1. The lowest BCUT2D eigenvalue weighted by molar-refractivity contribution is 0.0785. The van der Waals surface area contributed by atoms with E-state index in [1.807, 2.05) is 24.3 Å². The molecule has 104 valence electrons. The molecule has 4 heteroatoms. The molecular formula is C15H22N2O2. The van der Waals surface area contributed by atoms with Crippen molar-refractivity contribution in [3.63, 3.8) is 0 Å². The topological polar surface area (TPSA) is 32.8 Å². The Labute approximate surface area is 115 Å². The molecular weight excluding hydrogens is 240 g/mol. The van der Waals surface area contributed by atoms with Crippen molar-refractivity contribution in [3.05, 3.63) is 29.8 Å². The highest BCUT2D eigenvalue weighted by Gasteiger charge is 2.22. The normalized spacial score (nSPS) is 21.3. The van der Waals surface area contributed by atoms with Crippen LogP contribution in [0, 0.1) is 0 Å². The summed E-state index contributed by atoms with van der Waals surface area (Å²) in [5, 5.41) is 0. The van der Waals surface area contributed by atoms with E-state index in [9.17, 15) is 4.79 Å². The molecule has 1 aliphatic heterocycles. The number of likely N-dealkylation sites (N-methyl/N-ethyl adjacent to an activating group) is 1. The second-order valence-corrected chi connectivity index (χ2v) is 5.22. The first-order valence-corrected chi connectivity index (χ1v) is 6.70. The molecule has 1 aromatic carbocycles. The van der Waals surface area contributed by atoms with E-state index in [2.05, 4.69) is 23.8 Å². The third-order valence-electron chi connectivity index (χ3n) is 3.80. The number of nitrogens with zero attached hydrogens (tertiary/aromatic N) is 2. The van der Waals surface area contributed by atoms with Gasteiger partial charge < -0.3 is 9.64 Å². The van der Waals surface area contributed by atoms with Gasteiger partial charge in [0.1, 0.15) is 5.75 Å². The lowest BCUT2D eigenvalue weighted by Crippen LogP contribution is -2.51. The van der Waals surface area contributed by atoms with Crippen molar-refractivity contribution in [1.29, 1.82) is 0 Å². The van der Waals surface area contributed by atoms with Crippen molar-refractivity contribution < 1.29 is 9.53 Å². The van der Waals surface area contributed by atoms with Gasteiger partial charge in [0.05, 0.1) is 13.7 Å². The number of carbonyl (C=O) groups is 1. The molecule has 0 N–H and O–H groups in total. The number of hydrogen-bond donors (Lipinski definition) is 0. The van der Waals surface area contributed by atoms with Crippen LogP contribution in [-0.2, 0) is 0 Å². The molecule has 0 aliphatic carbocycles. The van der Waals surface area contributed by atoms with E-state index in [1.54, 1.807) is 7.11 Å². The fraction of sp³-hybridized carbons (Fsp3) is 0.533. The maximum Gasteiger partial charge on any atom is 0.176 e. The maximum absolute atomic E-state index is 12.3. The molecule has 0 radical (unpaired) electrons. The van der Waals surface area contributed by atoms with Gasteiger partial charge in [0.15, 0.2) is 5.78 Å². The average Bonchev–Trinajstić information content (AvgIpc) is 2.43. The Bertz CT molecular complexity index is 448. The van der Waals surface area contributed by atoms with Crippen molar-refractivity contribution in [2.45, 2.75) is 13.0 Å². The zero-order valence-corrected chi connectivity index (χ0v) is 11.9. The molecule has 0 bridgehead atoms.